The van der Waals surface area contributed by atoms with E-state index in [2.05, 4.69) is 10.2 Å². The van der Waals surface area contributed by atoms with Crippen molar-refractivity contribution in [3.63, 3.8) is 0 Å². The number of rotatable bonds is 6. The summed E-state index contributed by atoms with van der Waals surface area (Å²) < 4.78 is 5.60. The third-order valence-electron chi connectivity index (χ3n) is 1.81. The molecule has 0 aliphatic carbocycles. The van der Waals surface area contributed by atoms with Gasteiger partial charge in [-0.1, -0.05) is 0 Å². The Labute approximate surface area is 85.1 Å². The fraction of sp³-hybridized carbons (Fsp3) is 0.600. The molecule has 1 rings (SSSR count). The maximum atomic E-state index is 5.60. The number of hydrogen-bond acceptors (Lipinski definition) is 4. The van der Waals surface area contributed by atoms with E-state index in [0.717, 1.165) is 31.2 Å². The van der Waals surface area contributed by atoms with Gasteiger partial charge in [0.25, 0.3) is 0 Å². The molecule has 0 fully saturated rings. The number of furan rings is 1. The summed E-state index contributed by atoms with van der Waals surface area (Å²) >= 11 is 0. The Morgan fingerprint density at radius 1 is 1.36 bits per heavy atom. The van der Waals surface area contributed by atoms with Crippen molar-refractivity contribution in [2.45, 2.75) is 13.1 Å². The van der Waals surface area contributed by atoms with Crippen molar-refractivity contribution in [3.8, 4) is 0 Å². The van der Waals surface area contributed by atoms with Gasteiger partial charge in [-0.3, -0.25) is 0 Å². The Balaban J connectivity index is 2.35. The first kappa shape index (κ1) is 11.2. The van der Waals surface area contributed by atoms with Crippen LogP contribution >= 0.6 is 0 Å². The van der Waals surface area contributed by atoms with Crippen LogP contribution < -0.4 is 11.1 Å². The number of hydrogen-bond donors (Lipinski definition) is 2. The summed E-state index contributed by atoms with van der Waals surface area (Å²) in [5.74, 6) is 1.97. The SMILES string of the molecule is CN(C)Cc1ccc(CNCCN)o1. The third kappa shape index (κ3) is 3.91. The summed E-state index contributed by atoms with van der Waals surface area (Å²) in [6, 6.07) is 4.02. The largest absolute Gasteiger partial charge is 0.463 e. The summed E-state index contributed by atoms with van der Waals surface area (Å²) in [5.41, 5.74) is 5.36. The molecular weight excluding hydrogens is 178 g/mol. The highest BCUT2D eigenvalue weighted by Gasteiger charge is 2.02. The first-order valence-corrected chi connectivity index (χ1v) is 4.85. The summed E-state index contributed by atoms with van der Waals surface area (Å²) in [4.78, 5) is 2.08. The van der Waals surface area contributed by atoms with Gasteiger partial charge in [0.05, 0.1) is 13.1 Å². The highest BCUT2D eigenvalue weighted by molar-refractivity contribution is 5.06. The van der Waals surface area contributed by atoms with Crippen LogP contribution in [0.15, 0.2) is 16.5 Å². The first-order chi connectivity index (χ1) is 6.72. The molecule has 0 aliphatic heterocycles. The van der Waals surface area contributed by atoms with Gasteiger partial charge in [0, 0.05) is 13.1 Å². The van der Waals surface area contributed by atoms with E-state index in [1.165, 1.54) is 0 Å². The standard InChI is InChI=1S/C10H19N3O/c1-13(2)8-10-4-3-9(14-10)7-12-6-5-11/h3-4,12H,5-8,11H2,1-2H3. The van der Waals surface area contributed by atoms with Crippen LogP contribution in [0.3, 0.4) is 0 Å². The van der Waals surface area contributed by atoms with Crippen LogP contribution in [0.5, 0.6) is 0 Å². The molecule has 14 heavy (non-hydrogen) atoms. The molecule has 1 aromatic rings. The Morgan fingerprint density at radius 3 is 2.71 bits per heavy atom. The van der Waals surface area contributed by atoms with Gasteiger partial charge >= 0.3 is 0 Å². The molecule has 0 saturated heterocycles. The molecule has 4 heteroatoms. The second kappa shape index (κ2) is 5.80. The van der Waals surface area contributed by atoms with Gasteiger partial charge in [-0.15, -0.1) is 0 Å². The minimum Gasteiger partial charge on any atom is -0.463 e. The summed E-state index contributed by atoms with van der Waals surface area (Å²) in [6.07, 6.45) is 0. The third-order valence-corrected chi connectivity index (χ3v) is 1.81. The Bertz CT molecular complexity index is 258. The van der Waals surface area contributed by atoms with Gasteiger partial charge in [0.2, 0.25) is 0 Å². The van der Waals surface area contributed by atoms with Gasteiger partial charge < -0.3 is 20.4 Å². The minimum atomic E-state index is 0.658. The zero-order valence-electron chi connectivity index (χ0n) is 8.92. The minimum absolute atomic E-state index is 0.658. The molecule has 0 amide bonds. The van der Waals surface area contributed by atoms with Crippen molar-refractivity contribution in [1.82, 2.24) is 10.2 Å². The molecule has 0 atom stereocenters. The van der Waals surface area contributed by atoms with Gasteiger partial charge in [-0.2, -0.15) is 0 Å². The maximum Gasteiger partial charge on any atom is 0.118 e. The van der Waals surface area contributed by atoms with Gasteiger partial charge in [-0.05, 0) is 26.2 Å². The van der Waals surface area contributed by atoms with Crippen molar-refractivity contribution in [2.24, 2.45) is 5.73 Å². The average Bonchev–Trinajstić information content (AvgIpc) is 2.52. The fourth-order valence-corrected chi connectivity index (χ4v) is 1.23. The van der Waals surface area contributed by atoms with Crippen LogP contribution in [-0.4, -0.2) is 32.1 Å². The number of nitrogens with zero attached hydrogens (tertiary/aromatic N) is 1. The van der Waals surface area contributed by atoms with E-state index in [9.17, 15) is 0 Å². The molecule has 80 valence electrons. The van der Waals surface area contributed by atoms with Gasteiger partial charge in [-0.25, -0.2) is 0 Å². The lowest BCUT2D eigenvalue weighted by atomic mass is 10.4. The van der Waals surface area contributed by atoms with Crippen LogP contribution in [0.4, 0.5) is 0 Å². The first-order valence-electron chi connectivity index (χ1n) is 4.85. The molecule has 0 unspecified atom stereocenters. The summed E-state index contributed by atoms with van der Waals surface area (Å²) in [6.45, 7) is 3.08. The predicted molar refractivity (Wildman–Crippen MR) is 56.9 cm³/mol. The molecule has 3 N–H and O–H groups in total. The normalized spacial score (nSPS) is 11.1. The van der Waals surface area contributed by atoms with Crippen LogP contribution in [0.25, 0.3) is 0 Å². The molecule has 4 nitrogen and oxygen atoms in total. The fourth-order valence-electron chi connectivity index (χ4n) is 1.23. The van der Waals surface area contributed by atoms with E-state index in [0.29, 0.717) is 6.54 Å². The Morgan fingerprint density at radius 2 is 2.07 bits per heavy atom. The quantitative estimate of drug-likeness (QED) is 0.648. The number of nitrogens with two attached hydrogens (primary N) is 1. The second-order valence-corrected chi connectivity index (χ2v) is 3.57. The molecule has 1 aromatic heterocycles. The summed E-state index contributed by atoms with van der Waals surface area (Å²) in [5, 5.41) is 3.19. The topological polar surface area (TPSA) is 54.4 Å². The molecule has 0 bridgehead atoms. The van der Waals surface area contributed by atoms with Crippen molar-refractivity contribution >= 4 is 0 Å². The maximum absolute atomic E-state index is 5.60. The second-order valence-electron chi connectivity index (χ2n) is 3.57. The average molecular weight is 197 g/mol. The lowest BCUT2D eigenvalue weighted by molar-refractivity contribution is 0.339. The van der Waals surface area contributed by atoms with E-state index in [4.69, 9.17) is 10.2 Å². The van der Waals surface area contributed by atoms with Crippen LogP contribution in [-0.2, 0) is 13.1 Å². The zero-order chi connectivity index (χ0) is 10.4. The molecular formula is C10H19N3O. The lowest BCUT2D eigenvalue weighted by Crippen LogP contribution is -2.21. The van der Waals surface area contributed by atoms with Crippen LogP contribution in [0, 0.1) is 0 Å². The van der Waals surface area contributed by atoms with Gasteiger partial charge in [0.1, 0.15) is 11.5 Å². The Kier molecular flexibility index (Phi) is 4.65. The van der Waals surface area contributed by atoms with E-state index in [-0.39, 0.29) is 0 Å². The van der Waals surface area contributed by atoms with Crippen molar-refractivity contribution in [3.05, 3.63) is 23.7 Å². The van der Waals surface area contributed by atoms with E-state index < -0.39 is 0 Å². The molecule has 0 radical (unpaired) electrons. The van der Waals surface area contributed by atoms with Crippen molar-refractivity contribution < 1.29 is 4.42 Å². The van der Waals surface area contributed by atoms with E-state index in [1.807, 2.05) is 26.2 Å². The van der Waals surface area contributed by atoms with Crippen LogP contribution in [0.1, 0.15) is 11.5 Å². The van der Waals surface area contributed by atoms with Crippen molar-refractivity contribution in [1.29, 1.82) is 0 Å². The molecule has 0 aromatic carbocycles. The highest BCUT2D eigenvalue weighted by Crippen LogP contribution is 2.08. The zero-order valence-corrected chi connectivity index (χ0v) is 8.92. The Hall–Kier alpha value is -0.840. The molecule has 0 saturated carbocycles. The van der Waals surface area contributed by atoms with Gasteiger partial charge in [0.15, 0.2) is 0 Å². The number of nitrogens with one attached hydrogen (secondary N) is 1. The van der Waals surface area contributed by atoms with Crippen molar-refractivity contribution in [2.75, 3.05) is 27.2 Å². The molecule has 0 aliphatic rings. The molecule has 0 spiro atoms. The van der Waals surface area contributed by atoms with E-state index in [1.54, 1.807) is 0 Å². The van der Waals surface area contributed by atoms with E-state index >= 15 is 0 Å². The predicted octanol–water partition coefficient (Wildman–Crippen LogP) is 0.390. The monoisotopic (exact) mass is 197 g/mol. The molecule has 1 heterocycles. The smallest absolute Gasteiger partial charge is 0.118 e. The highest BCUT2D eigenvalue weighted by atomic mass is 16.3. The lowest BCUT2D eigenvalue weighted by Gasteiger charge is -2.05. The summed E-state index contributed by atoms with van der Waals surface area (Å²) in [7, 11) is 4.05. The van der Waals surface area contributed by atoms with Crippen LogP contribution in [0.2, 0.25) is 0 Å².